The third kappa shape index (κ3) is 5.23. The molecule has 0 aromatic carbocycles. The quantitative estimate of drug-likeness (QED) is 0.415. The lowest BCUT2D eigenvalue weighted by atomic mass is 9.76. The van der Waals surface area contributed by atoms with Crippen LogP contribution in [0.15, 0.2) is 12.3 Å². The minimum atomic E-state index is -1.26. The summed E-state index contributed by atoms with van der Waals surface area (Å²) in [5, 5.41) is 21.7. The first-order valence-corrected chi connectivity index (χ1v) is 8.18. The number of hydrogen-bond acceptors (Lipinski definition) is 7. The van der Waals surface area contributed by atoms with E-state index in [1.807, 2.05) is 0 Å². The standard InChI is InChI=1S/C15H23BN4O5/c17-6-9-4-10(8-19-12(9)7-18)15(23)20-13-3-1-2-11(5-14(21)22)25-16(13)24/h4,8,11,13,24H,1-3,5-7,17-18H2,(H,20,23)(H,21,22)/t11-,13-/m0/s1. The number of carboxylic acids is 1. The summed E-state index contributed by atoms with van der Waals surface area (Å²) in [7, 11) is -1.26. The van der Waals surface area contributed by atoms with Gasteiger partial charge < -0.3 is 31.6 Å². The van der Waals surface area contributed by atoms with Crippen molar-refractivity contribution < 1.29 is 24.4 Å². The number of carboxylic acid groups (broad SMARTS) is 1. The van der Waals surface area contributed by atoms with Gasteiger partial charge in [-0.25, -0.2) is 0 Å². The number of amides is 1. The lowest BCUT2D eigenvalue weighted by molar-refractivity contribution is -0.139. The fourth-order valence-corrected chi connectivity index (χ4v) is 2.83. The molecule has 9 nitrogen and oxygen atoms in total. The monoisotopic (exact) mass is 350 g/mol. The Morgan fingerprint density at radius 1 is 1.36 bits per heavy atom. The Hall–Kier alpha value is -2.01. The van der Waals surface area contributed by atoms with Crippen LogP contribution in [-0.2, 0) is 22.5 Å². The highest BCUT2D eigenvalue weighted by Crippen LogP contribution is 2.19. The zero-order valence-corrected chi connectivity index (χ0v) is 13.9. The van der Waals surface area contributed by atoms with Crippen molar-refractivity contribution in [2.45, 2.75) is 50.8 Å². The number of rotatable bonds is 6. The lowest BCUT2D eigenvalue weighted by Gasteiger charge is -2.20. The molecule has 2 heterocycles. The van der Waals surface area contributed by atoms with E-state index in [2.05, 4.69) is 10.3 Å². The Kier molecular flexibility index (Phi) is 6.88. The van der Waals surface area contributed by atoms with Crippen LogP contribution in [0.1, 0.15) is 47.3 Å². The molecule has 0 unspecified atom stereocenters. The first-order valence-electron chi connectivity index (χ1n) is 8.18. The van der Waals surface area contributed by atoms with Gasteiger partial charge in [0, 0.05) is 19.3 Å². The average Bonchev–Trinajstić information content (AvgIpc) is 2.75. The predicted octanol–water partition coefficient (Wildman–Crippen LogP) is -0.839. The summed E-state index contributed by atoms with van der Waals surface area (Å²) in [5.41, 5.74) is 12.9. The Morgan fingerprint density at radius 2 is 2.12 bits per heavy atom. The van der Waals surface area contributed by atoms with E-state index >= 15 is 0 Å². The van der Waals surface area contributed by atoms with Crippen molar-refractivity contribution in [3.63, 3.8) is 0 Å². The molecule has 1 aromatic rings. The normalized spacial score (nSPS) is 20.8. The minimum Gasteiger partial charge on any atom is -0.481 e. The number of nitrogens with zero attached hydrogens (tertiary/aromatic N) is 1. The average molecular weight is 350 g/mol. The van der Waals surface area contributed by atoms with Crippen LogP contribution >= 0.6 is 0 Å². The number of hydrogen-bond donors (Lipinski definition) is 5. The number of aliphatic carboxylic acids is 1. The molecule has 2 atom stereocenters. The van der Waals surface area contributed by atoms with Crippen molar-refractivity contribution in [1.82, 2.24) is 10.3 Å². The van der Waals surface area contributed by atoms with E-state index in [-0.39, 0.29) is 19.5 Å². The molecule has 2 rings (SSSR count). The Labute approximate surface area is 145 Å². The van der Waals surface area contributed by atoms with Crippen LogP contribution in [0.25, 0.3) is 0 Å². The van der Waals surface area contributed by atoms with E-state index < -0.39 is 31.0 Å². The molecule has 1 saturated heterocycles. The summed E-state index contributed by atoms with van der Waals surface area (Å²) < 4.78 is 5.36. The topological polar surface area (TPSA) is 161 Å². The highest BCUT2D eigenvalue weighted by atomic mass is 16.5. The van der Waals surface area contributed by atoms with Gasteiger partial charge in [-0.1, -0.05) is 0 Å². The highest BCUT2D eigenvalue weighted by Gasteiger charge is 2.34. The number of carbonyl (C=O) groups is 2. The Bertz CT molecular complexity index is 630. The van der Waals surface area contributed by atoms with Crippen molar-refractivity contribution >= 4 is 19.0 Å². The fraction of sp³-hybridized carbons (Fsp3) is 0.533. The molecule has 136 valence electrons. The predicted molar refractivity (Wildman–Crippen MR) is 90.2 cm³/mol. The van der Waals surface area contributed by atoms with Gasteiger partial charge in [0.25, 0.3) is 5.91 Å². The van der Waals surface area contributed by atoms with Gasteiger partial charge in [-0.15, -0.1) is 0 Å². The molecule has 0 aliphatic carbocycles. The molecular weight excluding hydrogens is 327 g/mol. The summed E-state index contributed by atoms with van der Waals surface area (Å²) in [6, 6.07) is 1.63. The van der Waals surface area contributed by atoms with E-state index in [0.717, 1.165) is 0 Å². The molecule has 1 aromatic heterocycles. The van der Waals surface area contributed by atoms with Crippen LogP contribution in [0.4, 0.5) is 0 Å². The van der Waals surface area contributed by atoms with Gasteiger partial charge >= 0.3 is 13.1 Å². The first-order chi connectivity index (χ1) is 11.9. The molecule has 1 aliphatic heterocycles. The molecule has 0 radical (unpaired) electrons. The SMILES string of the molecule is NCc1cc(C(=O)N[C@H]2CCC[C@@H](CC(=O)O)OB2O)cnc1CN. The Balaban J connectivity index is 2.03. The van der Waals surface area contributed by atoms with Gasteiger partial charge in [0.15, 0.2) is 0 Å². The number of carbonyl (C=O) groups excluding carboxylic acids is 1. The van der Waals surface area contributed by atoms with Crippen molar-refractivity contribution in [2.75, 3.05) is 0 Å². The van der Waals surface area contributed by atoms with E-state index in [4.69, 9.17) is 21.2 Å². The van der Waals surface area contributed by atoms with Gasteiger partial charge in [-0.3, -0.25) is 14.6 Å². The van der Waals surface area contributed by atoms with Gasteiger partial charge in [0.1, 0.15) is 0 Å². The van der Waals surface area contributed by atoms with E-state index in [1.165, 1.54) is 6.20 Å². The molecular formula is C15H23BN4O5. The van der Waals surface area contributed by atoms with Gasteiger partial charge in [-0.2, -0.15) is 0 Å². The number of nitrogens with two attached hydrogens (primary N) is 2. The molecule has 10 heteroatoms. The van der Waals surface area contributed by atoms with Crippen LogP contribution in [0.5, 0.6) is 0 Å². The van der Waals surface area contributed by atoms with Crippen LogP contribution in [0.2, 0.25) is 0 Å². The summed E-state index contributed by atoms with van der Waals surface area (Å²) >= 11 is 0. The van der Waals surface area contributed by atoms with Crippen LogP contribution < -0.4 is 16.8 Å². The molecule has 1 aliphatic rings. The second kappa shape index (κ2) is 8.91. The maximum Gasteiger partial charge on any atom is 0.478 e. The lowest BCUT2D eigenvalue weighted by Crippen LogP contribution is -2.48. The van der Waals surface area contributed by atoms with Gasteiger partial charge in [-0.05, 0) is 30.9 Å². The third-order valence-corrected chi connectivity index (χ3v) is 4.17. The minimum absolute atomic E-state index is 0.179. The maximum absolute atomic E-state index is 12.4. The number of nitrogens with one attached hydrogen (secondary N) is 1. The van der Waals surface area contributed by atoms with Gasteiger partial charge in [0.2, 0.25) is 0 Å². The summed E-state index contributed by atoms with van der Waals surface area (Å²) in [6.45, 7) is 0.446. The van der Waals surface area contributed by atoms with Crippen molar-refractivity contribution in [2.24, 2.45) is 11.5 Å². The van der Waals surface area contributed by atoms with Crippen molar-refractivity contribution in [3.05, 3.63) is 29.1 Å². The molecule has 1 amide bonds. The smallest absolute Gasteiger partial charge is 0.478 e. The van der Waals surface area contributed by atoms with Crippen LogP contribution in [-0.4, -0.2) is 46.2 Å². The maximum atomic E-state index is 12.4. The van der Waals surface area contributed by atoms with Crippen LogP contribution in [0.3, 0.4) is 0 Å². The summed E-state index contributed by atoms with van der Waals surface area (Å²) in [6.07, 6.45) is 2.30. The second-order valence-electron chi connectivity index (χ2n) is 6.00. The first kappa shape index (κ1) is 19.3. The largest absolute Gasteiger partial charge is 0.481 e. The van der Waals surface area contributed by atoms with E-state index in [9.17, 15) is 14.6 Å². The molecule has 1 fully saturated rings. The van der Waals surface area contributed by atoms with Gasteiger partial charge in [0.05, 0.1) is 29.7 Å². The molecule has 0 spiro atoms. The van der Waals surface area contributed by atoms with Crippen molar-refractivity contribution in [1.29, 1.82) is 0 Å². The highest BCUT2D eigenvalue weighted by molar-refractivity contribution is 6.45. The van der Waals surface area contributed by atoms with Crippen LogP contribution in [0, 0.1) is 0 Å². The van der Waals surface area contributed by atoms with E-state index in [0.29, 0.717) is 36.1 Å². The number of aromatic nitrogens is 1. The molecule has 0 bridgehead atoms. The third-order valence-electron chi connectivity index (χ3n) is 4.17. The number of pyridine rings is 1. The zero-order chi connectivity index (χ0) is 18.4. The molecule has 0 saturated carbocycles. The Morgan fingerprint density at radius 3 is 2.76 bits per heavy atom. The molecule has 25 heavy (non-hydrogen) atoms. The fourth-order valence-electron chi connectivity index (χ4n) is 2.83. The zero-order valence-electron chi connectivity index (χ0n) is 13.9. The van der Waals surface area contributed by atoms with Crippen molar-refractivity contribution in [3.8, 4) is 0 Å². The van der Waals surface area contributed by atoms with E-state index in [1.54, 1.807) is 6.07 Å². The second-order valence-corrected chi connectivity index (χ2v) is 6.00. The summed E-state index contributed by atoms with van der Waals surface area (Å²) in [5.74, 6) is -2.02. The molecule has 7 N–H and O–H groups in total. The summed E-state index contributed by atoms with van der Waals surface area (Å²) in [4.78, 5) is 27.3.